The van der Waals surface area contributed by atoms with Crippen molar-refractivity contribution in [2.45, 2.75) is 59.2 Å². The number of H-pyrrole nitrogens is 1. The van der Waals surface area contributed by atoms with Crippen LogP contribution in [0.2, 0.25) is 0 Å². The van der Waals surface area contributed by atoms with E-state index in [1.165, 1.54) is 12.8 Å². The minimum atomic E-state index is 0.0338. The van der Waals surface area contributed by atoms with Crippen LogP contribution < -0.4 is 5.56 Å². The van der Waals surface area contributed by atoms with Crippen LogP contribution in [0.5, 0.6) is 0 Å². The molecule has 2 atom stereocenters. The summed E-state index contributed by atoms with van der Waals surface area (Å²) in [5.74, 6) is 0. The van der Waals surface area contributed by atoms with Gasteiger partial charge in [0, 0.05) is 36.3 Å². The van der Waals surface area contributed by atoms with Crippen molar-refractivity contribution < 1.29 is 0 Å². The van der Waals surface area contributed by atoms with Crippen LogP contribution in [-0.2, 0) is 6.54 Å². The number of aryl methyl sites for hydroxylation is 2. The minimum Gasteiger partial charge on any atom is -0.308 e. The zero-order valence-corrected chi connectivity index (χ0v) is 16.6. The second-order valence-electron chi connectivity index (χ2n) is 7.77. The molecule has 0 unspecified atom stereocenters. The van der Waals surface area contributed by atoms with Gasteiger partial charge in [0.25, 0.3) is 5.56 Å². The molecule has 4 rings (SSSR count). The molecule has 0 spiro atoms. The number of pyridine rings is 1. The molecule has 1 aliphatic rings. The Morgan fingerprint density at radius 2 is 2.00 bits per heavy atom. The fourth-order valence-electron chi connectivity index (χ4n) is 4.45. The number of hydrogen-bond donors (Lipinski definition) is 1. The second-order valence-corrected chi connectivity index (χ2v) is 7.77. The predicted molar refractivity (Wildman–Crippen MR) is 112 cm³/mol. The van der Waals surface area contributed by atoms with E-state index in [1.54, 1.807) is 0 Å². The molecular formula is C22H28N4O. The maximum Gasteiger partial charge on any atom is 0.262 e. The molecule has 3 heterocycles. The summed E-state index contributed by atoms with van der Waals surface area (Å²) in [6.07, 6.45) is 7.01. The topological polar surface area (TPSA) is 53.9 Å². The first kappa shape index (κ1) is 18.0. The van der Waals surface area contributed by atoms with E-state index in [4.69, 9.17) is 0 Å². The van der Waals surface area contributed by atoms with Gasteiger partial charge in [-0.1, -0.05) is 18.2 Å². The van der Waals surface area contributed by atoms with Gasteiger partial charge in [-0.25, -0.2) is 0 Å². The maximum absolute atomic E-state index is 12.8. The molecule has 27 heavy (non-hydrogen) atoms. The summed E-state index contributed by atoms with van der Waals surface area (Å²) in [4.78, 5) is 15.4. The quantitative estimate of drug-likeness (QED) is 0.758. The highest BCUT2D eigenvalue weighted by Crippen LogP contribution is 2.25. The molecule has 0 saturated carbocycles. The Labute approximate surface area is 159 Å². The Kier molecular flexibility index (Phi) is 4.64. The second kappa shape index (κ2) is 6.97. The Bertz CT molecular complexity index is 1070. The first-order valence-electron chi connectivity index (χ1n) is 9.94. The molecule has 1 aliphatic heterocycles. The van der Waals surface area contributed by atoms with Crippen LogP contribution in [0, 0.1) is 6.92 Å². The zero-order valence-electron chi connectivity index (χ0n) is 16.6. The number of likely N-dealkylation sites (tertiary alicyclic amines) is 1. The van der Waals surface area contributed by atoms with Crippen LogP contribution in [-0.4, -0.2) is 38.3 Å². The summed E-state index contributed by atoms with van der Waals surface area (Å²) in [6, 6.07) is 7.60. The number of benzene rings is 1. The van der Waals surface area contributed by atoms with Crippen molar-refractivity contribution in [3.8, 4) is 0 Å². The first-order chi connectivity index (χ1) is 13.0. The summed E-state index contributed by atoms with van der Waals surface area (Å²) < 4.78 is 1.83. The third-order valence-electron chi connectivity index (χ3n) is 6.05. The van der Waals surface area contributed by atoms with Crippen molar-refractivity contribution in [3.63, 3.8) is 0 Å². The maximum atomic E-state index is 12.8. The average molecular weight is 364 g/mol. The molecule has 3 aromatic rings. The molecule has 142 valence electrons. The monoisotopic (exact) mass is 364 g/mol. The Balaban J connectivity index is 1.74. The summed E-state index contributed by atoms with van der Waals surface area (Å²) in [7, 11) is 0. The Hall–Kier alpha value is -2.40. The lowest BCUT2D eigenvalue weighted by Crippen LogP contribution is -2.32. The number of nitrogens with zero attached hydrogens (tertiary/aromatic N) is 3. The number of aromatic amines is 1. The van der Waals surface area contributed by atoms with Gasteiger partial charge < -0.3 is 4.57 Å². The third-order valence-corrected chi connectivity index (χ3v) is 6.05. The Morgan fingerprint density at radius 3 is 2.70 bits per heavy atom. The average Bonchev–Trinajstić information content (AvgIpc) is 3.20. The summed E-state index contributed by atoms with van der Waals surface area (Å²) in [6.45, 7) is 10.2. The van der Waals surface area contributed by atoms with Crippen LogP contribution in [0.15, 0.2) is 29.1 Å². The van der Waals surface area contributed by atoms with E-state index < -0.39 is 0 Å². The van der Waals surface area contributed by atoms with E-state index in [0.717, 1.165) is 34.2 Å². The molecular weight excluding hydrogens is 336 g/mol. The lowest BCUT2D eigenvalue weighted by Gasteiger charge is -2.24. The van der Waals surface area contributed by atoms with Gasteiger partial charge in [-0.3, -0.25) is 14.8 Å². The zero-order chi connectivity index (χ0) is 19.1. The molecule has 1 fully saturated rings. The highest BCUT2D eigenvalue weighted by Gasteiger charge is 2.25. The van der Waals surface area contributed by atoms with Crippen molar-refractivity contribution in [2.24, 2.45) is 0 Å². The highest BCUT2D eigenvalue weighted by molar-refractivity contribution is 6.04. The molecule has 0 aliphatic carbocycles. The lowest BCUT2D eigenvalue weighted by molar-refractivity contribution is 0.239. The van der Waals surface area contributed by atoms with Crippen molar-refractivity contribution in [1.82, 2.24) is 19.7 Å². The summed E-state index contributed by atoms with van der Waals surface area (Å²) >= 11 is 0. The van der Waals surface area contributed by atoms with Crippen molar-refractivity contribution in [3.05, 3.63) is 45.9 Å². The van der Waals surface area contributed by atoms with Gasteiger partial charge in [-0.15, -0.1) is 0 Å². The van der Waals surface area contributed by atoms with E-state index in [2.05, 4.69) is 53.2 Å². The smallest absolute Gasteiger partial charge is 0.262 e. The van der Waals surface area contributed by atoms with E-state index in [1.807, 2.05) is 24.5 Å². The molecule has 5 nitrogen and oxygen atoms in total. The fourth-order valence-corrected chi connectivity index (χ4v) is 4.45. The van der Waals surface area contributed by atoms with Gasteiger partial charge in [0.1, 0.15) is 5.52 Å². The fraction of sp³-hybridized carbons (Fsp3) is 0.455. The predicted octanol–water partition coefficient (Wildman–Crippen LogP) is 4.09. The number of fused-ring (bicyclic) bond motifs is 3. The molecule has 2 aromatic heterocycles. The summed E-state index contributed by atoms with van der Waals surface area (Å²) in [5, 5.41) is 9.13. The molecule has 0 amide bonds. The van der Waals surface area contributed by atoms with Gasteiger partial charge in [0.15, 0.2) is 0 Å². The SMILES string of the molecule is CCn1c(=O)c2c(C)[nH]nc2c2cc(C=CCN3[C@@H](C)CC[C@@H]3C)ccc21. The largest absolute Gasteiger partial charge is 0.308 e. The summed E-state index contributed by atoms with van der Waals surface area (Å²) in [5.41, 5.74) is 3.73. The van der Waals surface area contributed by atoms with Crippen molar-refractivity contribution in [1.29, 1.82) is 0 Å². The molecule has 1 N–H and O–H groups in total. The molecule has 0 bridgehead atoms. The van der Waals surface area contributed by atoms with E-state index >= 15 is 0 Å². The van der Waals surface area contributed by atoms with Crippen LogP contribution >= 0.6 is 0 Å². The van der Waals surface area contributed by atoms with Crippen LogP contribution in [0.1, 0.15) is 44.9 Å². The van der Waals surface area contributed by atoms with Gasteiger partial charge in [-0.2, -0.15) is 5.10 Å². The molecule has 5 heteroatoms. The number of nitrogens with one attached hydrogen (secondary N) is 1. The van der Waals surface area contributed by atoms with E-state index in [-0.39, 0.29) is 5.56 Å². The van der Waals surface area contributed by atoms with Crippen molar-refractivity contribution >= 4 is 27.9 Å². The van der Waals surface area contributed by atoms with Crippen LogP contribution in [0.3, 0.4) is 0 Å². The minimum absolute atomic E-state index is 0.0338. The Morgan fingerprint density at radius 1 is 1.26 bits per heavy atom. The van der Waals surface area contributed by atoms with Crippen molar-refractivity contribution in [2.75, 3.05) is 6.54 Å². The third kappa shape index (κ3) is 3.00. The molecule has 0 radical (unpaired) electrons. The van der Waals surface area contributed by atoms with Gasteiger partial charge in [0.2, 0.25) is 0 Å². The number of rotatable bonds is 4. The van der Waals surface area contributed by atoms with Gasteiger partial charge in [0.05, 0.1) is 10.9 Å². The van der Waals surface area contributed by atoms with E-state index in [9.17, 15) is 4.79 Å². The normalized spacial score (nSPS) is 21.2. The molecule has 1 aromatic carbocycles. The van der Waals surface area contributed by atoms with Crippen LogP contribution in [0.4, 0.5) is 0 Å². The van der Waals surface area contributed by atoms with Gasteiger partial charge >= 0.3 is 0 Å². The molecule has 1 saturated heterocycles. The number of hydrogen-bond acceptors (Lipinski definition) is 3. The standard InChI is InChI=1S/C22H28N4O/c1-5-25-19-11-10-17(7-6-12-26-14(2)8-9-15(26)3)13-18(19)21-20(22(25)27)16(4)23-24-21/h6-7,10-11,13-15H,5,8-9,12H2,1-4H3,(H,23,24)/t14-,15-/m0/s1. The van der Waals surface area contributed by atoms with Crippen LogP contribution in [0.25, 0.3) is 27.9 Å². The highest BCUT2D eigenvalue weighted by atomic mass is 16.1. The lowest BCUT2D eigenvalue weighted by atomic mass is 10.1. The first-order valence-corrected chi connectivity index (χ1v) is 9.94. The van der Waals surface area contributed by atoms with E-state index in [0.29, 0.717) is 24.0 Å². The van der Waals surface area contributed by atoms with Gasteiger partial charge in [-0.05, 0) is 58.2 Å². The number of aromatic nitrogens is 3.